The van der Waals surface area contributed by atoms with Crippen molar-refractivity contribution in [2.24, 2.45) is 0 Å². The molecule has 0 bridgehead atoms. The average Bonchev–Trinajstić information content (AvgIpc) is 3.12. The second kappa shape index (κ2) is 4.28. The molecule has 1 heterocycles. The second-order valence-corrected chi connectivity index (χ2v) is 4.38. The zero-order valence-corrected chi connectivity index (χ0v) is 10.5. The first kappa shape index (κ1) is 11.2. The van der Waals surface area contributed by atoms with Crippen LogP contribution in [0.5, 0.6) is 0 Å². The van der Waals surface area contributed by atoms with Crippen LogP contribution in [-0.2, 0) is 6.42 Å². The average molecular weight is 220 g/mol. The topological polar surface area (TPSA) is 41.1 Å². The molecule has 0 unspecified atom stereocenters. The molecule has 1 aromatic rings. The molecule has 1 fully saturated rings. The third-order valence-corrected chi connectivity index (χ3v) is 3.15. The minimum absolute atomic E-state index is 0.683. The van der Waals surface area contributed by atoms with Crippen LogP contribution in [-0.4, -0.2) is 30.1 Å². The van der Waals surface area contributed by atoms with E-state index in [9.17, 15) is 0 Å². The summed E-state index contributed by atoms with van der Waals surface area (Å²) in [5.41, 5.74) is 1.15. The Morgan fingerprint density at radius 1 is 1.38 bits per heavy atom. The monoisotopic (exact) mass is 220 g/mol. The Morgan fingerprint density at radius 2 is 2.06 bits per heavy atom. The largest absolute Gasteiger partial charge is 0.373 e. The summed E-state index contributed by atoms with van der Waals surface area (Å²) in [4.78, 5) is 11.4. The number of anilines is 2. The molecular weight excluding hydrogens is 200 g/mol. The van der Waals surface area contributed by atoms with Gasteiger partial charge in [-0.2, -0.15) is 0 Å². The molecular formula is C12H20N4. The van der Waals surface area contributed by atoms with Crippen LogP contribution < -0.4 is 10.2 Å². The predicted molar refractivity (Wildman–Crippen MR) is 67.1 cm³/mol. The minimum atomic E-state index is 0.683. The van der Waals surface area contributed by atoms with E-state index in [1.54, 1.807) is 0 Å². The lowest BCUT2D eigenvalue weighted by atomic mass is 10.2. The Balaban J connectivity index is 2.40. The maximum absolute atomic E-state index is 4.64. The molecule has 0 spiro atoms. The number of aromatic nitrogens is 2. The molecule has 1 N–H and O–H groups in total. The van der Waals surface area contributed by atoms with Gasteiger partial charge in [-0.05, 0) is 19.8 Å². The van der Waals surface area contributed by atoms with Crippen molar-refractivity contribution < 1.29 is 0 Å². The van der Waals surface area contributed by atoms with Gasteiger partial charge in [0.2, 0.25) is 0 Å². The van der Waals surface area contributed by atoms with Gasteiger partial charge in [-0.25, -0.2) is 9.97 Å². The molecule has 0 saturated heterocycles. The van der Waals surface area contributed by atoms with Crippen molar-refractivity contribution in [3.05, 3.63) is 11.4 Å². The Morgan fingerprint density at radius 3 is 2.56 bits per heavy atom. The van der Waals surface area contributed by atoms with E-state index in [0.717, 1.165) is 29.4 Å². The van der Waals surface area contributed by atoms with E-state index in [-0.39, 0.29) is 0 Å². The molecule has 2 rings (SSSR count). The molecule has 1 aliphatic carbocycles. The van der Waals surface area contributed by atoms with Crippen LogP contribution in [0.4, 0.5) is 11.6 Å². The van der Waals surface area contributed by atoms with E-state index in [0.29, 0.717) is 6.04 Å². The summed E-state index contributed by atoms with van der Waals surface area (Å²) >= 11 is 0. The van der Waals surface area contributed by atoms with Crippen molar-refractivity contribution in [2.75, 3.05) is 24.3 Å². The molecule has 16 heavy (non-hydrogen) atoms. The van der Waals surface area contributed by atoms with Crippen LogP contribution in [0.3, 0.4) is 0 Å². The molecule has 1 aromatic heterocycles. The van der Waals surface area contributed by atoms with Gasteiger partial charge in [-0.3, -0.25) is 0 Å². The molecule has 1 saturated carbocycles. The molecule has 0 aliphatic heterocycles. The van der Waals surface area contributed by atoms with E-state index in [4.69, 9.17) is 0 Å². The van der Waals surface area contributed by atoms with E-state index in [1.165, 1.54) is 12.8 Å². The molecule has 0 radical (unpaired) electrons. The van der Waals surface area contributed by atoms with Crippen molar-refractivity contribution >= 4 is 11.6 Å². The van der Waals surface area contributed by atoms with Crippen molar-refractivity contribution in [2.45, 2.75) is 39.2 Å². The van der Waals surface area contributed by atoms with Gasteiger partial charge in [0.15, 0.2) is 0 Å². The Hall–Kier alpha value is -1.32. The smallest absolute Gasteiger partial charge is 0.137 e. The first-order valence-corrected chi connectivity index (χ1v) is 5.95. The fourth-order valence-electron chi connectivity index (χ4n) is 1.93. The molecule has 0 aromatic carbocycles. The number of nitrogens with zero attached hydrogens (tertiary/aromatic N) is 3. The molecule has 4 heteroatoms. The van der Waals surface area contributed by atoms with Gasteiger partial charge in [0, 0.05) is 32.1 Å². The van der Waals surface area contributed by atoms with Crippen LogP contribution >= 0.6 is 0 Å². The van der Waals surface area contributed by atoms with Gasteiger partial charge in [-0.15, -0.1) is 0 Å². The summed E-state index contributed by atoms with van der Waals surface area (Å²) in [6, 6.07) is 0.683. The number of aryl methyl sites for hydroxylation is 1. The number of hydrogen-bond donors (Lipinski definition) is 1. The summed E-state index contributed by atoms with van der Waals surface area (Å²) in [5, 5.41) is 3.15. The van der Waals surface area contributed by atoms with Crippen molar-refractivity contribution in [3.8, 4) is 0 Å². The Bertz CT molecular complexity index is 385. The number of rotatable bonds is 4. The van der Waals surface area contributed by atoms with E-state index < -0.39 is 0 Å². The van der Waals surface area contributed by atoms with Gasteiger partial charge in [-0.1, -0.05) is 6.92 Å². The van der Waals surface area contributed by atoms with Crippen LogP contribution in [0.25, 0.3) is 0 Å². The van der Waals surface area contributed by atoms with E-state index in [1.807, 2.05) is 7.05 Å². The SMILES string of the molecule is CCc1nc(NC)c(C)c(N(C)C2CC2)n1. The lowest BCUT2D eigenvalue weighted by molar-refractivity contribution is 0.847. The normalized spacial score (nSPS) is 15.0. The minimum Gasteiger partial charge on any atom is -0.373 e. The Kier molecular flexibility index (Phi) is 2.99. The van der Waals surface area contributed by atoms with Crippen molar-refractivity contribution in [1.82, 2.24) is 9.97 Å². The first-order chi connectivity index (χ1) is 7.67. The Labute approximate surface area is 97.1 Å². The second-order valence-electron chi connectivity index (χ2n) is 4.38. The zero-order chi connectivity index (χ0) is 11.7. The molecule has 4 nitrogen and oxygen atoms in total. The lowest BCUT2D eigenvalue weighted by Crippen LogP contribution is -2.23. The van der Waals surface area contributed by atoms with Gasteiger partial charge in [0.1, 0.15) is 17.5 Å². The molecule has 0 atom stereocenters. The third-order valence-electron chi connectivity index (χ3n) is 3.15. The number of nitrogens with one attached hydrogen (secondary N) is 1. The summed E-state index contributed by atoms with van der Waals surface area (Å²) in [5.74, 6) is 2.95. The third kappa shape index (κ3) is 1.96. The van der Waals surface area contributed by atoms with Crippen molar-refractivity contribution in [3.63, 3.8) is 0 Å². The van der Waals surface area contributed by atoms with Crippen LogP contribution in [0.15, 0.2) is 0 Å². The van der Waals surface area contributed by atoms with E-state index >= 15 is 0 Å². The quantitative estimate of drug-likeness (QED) is 0.842. The highest BCUT2D eigenvalue weighted by Gasteiger charge is 2.28. The standard InChI is InChI=1S/C12H20N4/c1-5-10-14-11(13-3)8(2)12(15-10)16(4)9-6-7-9/h9H,5-7H2,1-4H3,(H,13,14,15). The van der Waals surface area contributed by atoms with Crippen LogP contribution in [0.1, 0.15) is 31.2 Å². The van der Waals surface area contributed by atoms with Gasteiger partial charge >= 0.3 is 0 Å². The van der Waals surface area contributed by atoms with Gasteiger partial charge in [0.25, 0.3) is 0 Å². The maximum atomic E-state index is 4.64. The highest BCUT2D eigenvalue weighted by atomic mass is 15.2. The molecule has 1 aliphatic rings. The fraction of sp³-hybridized carbons (Fsp3) is 0.667. The highest BCUT2D eigenvalue weighted by Crippen LogP contribution is 2.32. The van der Waals surface area contributed by atoms with Gasteiger partial charge < -0.3 is 10.2 Å². The summed E-state index contributed by atoms with van der Waals surface area (Å²) in [7, 11) is 4.04. The molecule has 0 amide bonds. The lowest BCUT2D eigenvalue weighted by Gasteiger charge is -2.21. The van der Waals surface area contributed by atoms with Gasteiger partial charge in [0.05, 0.1) is 0 Å². The van der Waals surface area contributed by atoms with Crippen molar-refractivity contribution in [1.29, 1.82) is 0 Å². The molecule has 88 valence electrons. The maximum Gasteiger partial charge on any atom is 0.137 e. The van der Waals surface area contributed by atoms with E-state index in [2.05, 4.69) is 41.1 Å². The summed E-state index contributed by atoms with van der Waals surface area (Å²) in [6.45, 7) is 4.17. The summed E-state index contributed by atoms with van der Waals surface area (Å²) in [6.07, 6.45) is 3.45. The first-order valence-electron chi connectivity index (χ1n) is 5.95. The summed E-state index contributed by atoms with van der Waals surface area (Å²) < 4.78 is 0. The highest BCUT2D eigenvalue weighted by molar-refractivity contribution is 5.59. The predicted octanol–water partition coefficient (Wildman–Crippen LogP) is 1.99. The fourth-order valence-corrected chi connectivity index (χ4v) is 1.93. The van der Waals surface area contributed by atoms with Crippen LogP contribution in [0, 0.1) is 6.92 Å². The zero-order valence-electron chi connectivity index (χ0n) is 10.5. The van der Waals surface area contributed by atoms with Crippen LogP contribution in [0.2, 0.25) is 0 Å². The number of hydrogen-bond acceptors (Lipinski definition) is 4.